The molecule has 4 rings (SSSR count). The molecular weight excluding hydrogens is 450 g/mol. The number of alkyl halides is 4. The van der Waals surface area contributed by atoms with Crippen molar-refractivity contribution in [3.63, 3.8) is 0 Å². The summed E-state index contributed by atoms with van der Waals surface area (Å²) >= 11 is 0. The Morgan fingerprint density at radius 2 is 1.61 bits per heavy atom. The molecule has 0 aromatic heterocycles. The number of carbonyl (C=O) groups excluding carboxylic acids is 1. The van der Waals surface area contributed by atoms with Crippen LogP contribution in [-0.2, 0) is 25.6 Å². The minimum Gasteiger partial charge on any atom is -0.490 e. The van der Waals surface area contributed by atoms with Crippen LogP contribution in [0.3, 0.4) is 0 Å². The minimum atomic E-state index is -4.80. The zero-order valence-electron chi connectivity index (χ0n) is 15.5. The highest BCUT2D eigenvalue weighted by Gasteiger charge is 2.63. The quantitative estimate of drug-likeness (QED) is 0.620. The molecule has 1 aliphatic heterocycles. The van der Waals surface area contributed by atoms with Gasteiger partial charge in [-0.25, -0.2) is 21.6 Å². The van der Waals surface area contributed by atoms with Gasteiger partial charge in [0.25, 0.3) is 0 Å². The molecule has 1 heterocycles. The Morgan fingerprint density at radius 1 is 1.00 bits per heavy atom. The lowest BCUT2D eigenvalue weighted by Crippen LogP contribution is -2.57. The molecule has 1 fully saturated rings. The van der Waals surface area contributed by atoms with E-state index in [9.17, 15) is 39.6 Å². The number of hydrogen-bond donors (Lipinski definition) is 0. The summed E-state index contributed by atoms with van der Waals surface area (Å²) in [5.41, 5.74) is -1.87. The van der Waals surface area contributed by atoms with Gasteiger partial charge in [-0.1, -0.05) is 0 Å². The molecule has 11 heteroatoms. The molecule has 1 saturated carbocycles. The first-order valence-electron chi connectivity index (χ1n) is 9.11. The van der Waals surface area contributed by atoms with Crippen LogP contribution in [0.2, 0.25) is 0 Å². The van der Waals surface area contributed by atoms with Crippen molar-refractivity contribution in [1.29, 1.82) is 0 Å². The number of hydrogen-bond acceptors (Lipinski definition) is 4. The summed E-state index contributed by atoms with van der Waals surface area (Å²) in [4.78, 5) is 11.3. The first-order valence-corrected chi connectivity index (χ1v) is 10.6. The molecular formula is C20H14F6O4S. The van der Waals surface area contributed by atoms with E-state index in [0.717, 1.165) is 0 Å². The summed E-state index contributed by atoms with van der Waals surface area (Å²) in [6.45, 7) is -0.722. The molecule has 2 aromatic carbocycles. The Balaban J connectivity index is 1.99. The number of benzene rings is 2. The summed E-state index contributed by atoms with van der Waals surface area (Å²) in [7, 11) is -4.80. The third-order valence-electron chi connectivity index (χ3n) is 5.86. The predicted molar refractivity (Wildman–Crippen MR) is 94.8 cm³/mol. The third kappa shape index (κ3) is 3.04. The third-order valence-corrected chi connectivity index (χ3v) is 8.43. The minimum absolute atomic E-state index is 0.529. The highest BCUT2D eigenvalue weighted by molar-refractivity contribution is 7.92. The number of carbonyl (C=O) groups is 1. The molecule has 0 unspecified atom stereocenters. The maximum Gasteiger partial charge on any atom is 0.416 e. The van der Waals surface area contributed by atoms with Crippen molar-refractivity contribution >= 4 is 15.6 Å². The van der Waals surface area contributed by atoms with E-state index in [-0.39, 0.29) is 0 Å². The first kappa shape index (κ1) is 21.7. The second-order valence-corrected chi connectivity index (χ2v) is 9.64. The van der Waals surface area contributed by atoms with E-state index in [0.29, 0.717) is 36.4 Å². The van der Waals surface area contributed by atoms with Gasteiger partial charge in [-0.3, -0.25) is 4.79 Å². The van der Waals surface area contributed by atoms with Crippen molar-refractivity contribution < 1.29 is 44.3 Å². The average Bonchev–Trinajstić information content (AvgIpc) is 2.72. The van der Waals surface area contributed by atoms with Crippen molar-refractivity contribution in [2.24, 2.45) is 5.92 Å². The number of ketones is 1. The molecule has 0 saturated heterocycles. The molecule has 0 radical (unpaired) electrons. The lowest BCUT2D eigenvalue weighted by atomic mass is 9.71. The maximum absolute atomic E-state index is 14.9. The summed E-state index contributed by atoms with van der Waals surface area (Å²) < 4.78 is 113. The summed E-state index contributed by atoms with van der Waals surface area (Å²) in [6.07, 6.45) is -8.22. The standard InChI is InChI=1S/C20H14F6O4S/c21-13-5-6-14(22)18-16(13)19(8-7-15(27)17(23)12(19)9-30-18)31(28,29)11-3-1-10(2-4-11)20(24,25)26/h1-6,12,17H,7-9H2/t12-,17-,19-/m0/s1. The summed E-state index contributed by atoms with van der Waals surface area (Å²) in [6, 6.07) is 3.80. The summed E-state index contributed by atoms with van der Waals surface area (Å²) in [5.74, 6) is -5.59. The van der Waals surface area contributed by atoms with Gasteiger partial charge in [0.1, 0.15) is 10.6 Å². The Hall–Kier alpha value is -2.56. The van der Waals surface area contributed by atoms with E-state index in [1.807, 2.05) is 0 Å². The lowest BCUT2D eigenvalue weighted by Gasteiger charge is -2.47. The molecule has 166 valence electrons. The van der Waals surface area contributed by atoms with Crippen LogP contribution >= 0.6 is 0 Å². The van der Waals surface area contributed by atoms with Crippen LogP contribution in [-0.4, -0.2) is 27.0 Å². The molecule has 0 amide bonds. The SMILES string of the molecule is O=C1CC[C@@]2(S(=O)(=O)c3ccc(C(F)(F)F)cc3)c3c(F)ccc(F)c3OC[C@H]2[C@@H]1F. The molecule has 31 heavy (non-hydrogen) atoms. The van der Waals surface area contributed by atoms with Crippen LogP contribution in [0.4, 0.5) is 26.3 Å². The van der Waals surface area contributed by atoms with Gasteiger partial charge < -0.3 is 4.74 Å². The van der Waals surface area contributed by atoms with Crippen molar-refractivity contribution in [3.05, 3.63) is 59.2 Å². The predicted octanol–water partition coefficient (Wildman–Crippen LogP) is 4.36. The largest absolute Gasteiger partial charge is 0.490 e. The Bertz CT molecular complexity index is 1160. The van der Waals surface area contributed by atoms with Gasteiger partial charge in [-0.2, -0.15) is 13.2 Å². The highest BCUT2D eigenvalue weighted by Crippen LogP contribution is 2.56. The van der Waals surface area contributed by atoms with Crippen LogP contribution in [0, 0.1) is 17.6 Å². The molecule has 3 atom stereocenters. The normalized spacial score (nSPS) is 26.1. The maximum atomic E-state index is 14.9. The van der Waals surface area contributed by atoms with Gasteiger partial charge in [-0.15, -0.1) is 0 Å². The van der Waals surface area contributed by atoms with Crippen LogP contribution in [0.5, 0.6) is 5.75 Å². The van der Waals surface area contributed by atoms with Gasteiger partial charge in [0, 0.05) is 6.42 Å². The second-order valence-electron chi connectivity index (χ2n) is 7.43. The average molecular weight is 464 g/mol. The fourth-order valence-electron chi connectivity index (χ4n) is 4.37. The van der Waals surface area contributed by atoms with E-state index in [1.165, 1.54) is 0 Å². The zero-order valence-corrected chi connectivity index (χ0v) is 16.4. The smallest absolute Gasteiger partial charge is 0.416 e. The van der Waals surface area contributed by atoms with E-state index in [4.69, 9.17) is 4.74 Å². The number of halogens is 6. The second kappa shape index (κ2) is 6.98. The van der Waals surface area contributed by atoms with Crippen molar-refractivity contribution in [3.8, 4) is 5.75 Å². The van der Waals surface area contributed by atoms with Crippen molar-refractivity contribution in [1.82, 2.24) is 0 Å². The van der Waals surface area contributed by atoms with E-state index >= 15 is 0 Å². The fraction of sp³-hybridized carbons (Fsp3) is 0.350. The summed E-state index contributed by atoms with van der Waals surface area (Å²) in [5, 5.41) is 0. The molecule has 0 bridgehead atoms. The Kier molecular flexibility index (Phi) is 4.87. The lowest BCUT2D eigenvalue weighted by molar-refractivity contribution is -0.137. The van der Waals surface area contributed by atoms with Gasteiger partial charge >= 0.3 is 6.18 Å². The van der Waals surface area contributed by atoms with Gasteiger partial charge in [0.15, 0.2) is 33.4 Å². The van der Waals surface area contributed by atoms with Gasteiger partial charge in [0.2, 0.25) is 0 Å². The van der Waals surface area contributed by atoms with Crippen molar-refractivity contribution in [2.45, 2.75) is 34.8 Å². The van der Waals surface area contributed by atoms with E-state index in [2.05, 4.69) is 0 Å². The molecule has 0 N–H and O–H groups in total. The monoisotopic (exact) mass is 464 g/mol. The van der Waals surface area contributed by atoms with Crippen LogP contribution in [0.1, 0.15) is 24.0 Å². The number of rotatable bonds is 2. The molecule has 0 spiro atoms. The first-order chi connectivity index (χ1) is 14.4. The van der Waals surface area contributed by atoms with E-state index < -0.39 is 91.5 Å². The van der Waals surface area contributed by atoms with E-state index in [1.54, 1.807) is 0 Å². The molecule has 2 aromatic rings. The van der Waals surface area contributed by atoms with Gasteiger partial charge in [0.05, 0.1) is 28.5 Å². The molecule has 4 nitrogen and oxygen atoms in total. The number of sulfone groups is 1. The zero-order chi connectivity index (χ0) is 22.8. The Morgan fingerprint density at radius 3 is 2.23 bits per heavy atom. The molecule has 1 aliphatic carbocycles. The number of fused-ring (bicyclic) bond motifs is 3. The highest BCUT2D eigenvalue weighted by atomic mass is 32.2. The molecule has 2 aliphatic rings. The van der Waals surface area contributed by atoms with Crippen LogP contribution in [0.15, 0.2) is 41.3 Å². The Labute approximate surface area is 172 Å². The fourth-order valence-corrected chi connectivity index (χ4v) is 6.70. The van der Waals surface area contributed by atoms with Crippen LogP contribution < -0.4 is 4.74 Å². The number of Topliss-reactive ketones (excluding diaryl/α,β-unsaturated/α-hetero) is 1. The van der Waals surface area contributed by atoms with Crippen molar-refractivity contribution in [2.75, 3.05) is 6.61 Å². The topological polar surface area (TPSA) is 60.4 Å². The van der Waals surface area contributed by atoms with Gasteiger partial charge in [-0.05, 0) is 42.8 Å². The van der Waals surface area contributed by atoms with Crippen LogP contribution in [0.25, 0.3) is 0 Å². The number of ether oxygens (including phenoxy) is 1.